The molecule has 0 atom stereocenters. The van der Waals surface area contributed by atoms with Gasteiger partial charge in [0.15, 0.2) is 0 Å². The summed E-state index contributed by atoms with van der Waals surface area (Å²) < 4.78 is 6.53. The third-order valence-electron chi connectivity index (χ3n) is 5.58. The van der Waals surface area contributed by atoms with Crippen LogP contribution in [-0.2, 0) is 11.2 Å². The van der Waals surface area contributed by atoms with Gasteiger partial charge in [0.2, 0.25) is 5.91 Å². The number of hydrogen-bond acceptors (Lipinski definition) is 3. The van der Waals surface area contributed by atoms with Crippen LogP contribution in [0.25, 0.3) is 10.8 Å². The molecule has 0 saturated carbocycles. The van der Waals surface area contributed by atoms with Crippen LogP contribution in [-0.4, -0.2) is 30.0 Å². The molecule has 2 N–H and O–H groups in total. The quantitative estimate of drug-likeness (QED) is 0.533. The normalized spacial score (nSPS) is 11.8. The fourth-order valence-corrected chi connectivity index (χ4v) is 3.67. The van der Waals surface area contributed by atoms with Crippen molar-refractivity contribution in [1.82, 2.24) is 10.6 Å². The Morgan fingerprint density at radius 3 is 2.22 bits per heavy atom. The van der Waals surface area contributed by atoms with E-state index in [2.05, 4.69) is 22.8 Å². The minimum atomic E-state index is -1.06. The summed E-state index contributed by atoms with van der Waals surface area (Å²) in [5.41, 5.74) is 0.0870. The highest BCUT2D eigenvalue weighted by Crippen LogP contribution is 2.34. The predicted octanol–water partition coefficient (Wildman–Crippen LogP) is 4.88. The van der Waals surface area contributed by atoms with Gasteiger partial charge in [0, 0.05) is 12.4 Å². The Morgan fingerprint density at radius 1 is 0.875 bits per heavy atom. The van der Waals surface area contributed by atoms with Crippen molar-refractivity contribution >= 4 is 22.6 Å². The third-order valence-corrected chi connectivity index (χ3v) is 5.58. The van der Waals surface area contributed by atoms with Crippen molar-refractivity contribution in [1.29, 1.82) is 0 Å². The molecule has 3 rings (SSSR count). The monoisotopic (exact) mass is 432 g/mol. The predicted molar refractivity (Wildman–Crippen MR) is 129 cm³/mol. The van der Waals surface area contributed by atoms with E-state index in [1.54, 1.807) is 27.0 Å². The van der Waals surface area contributed by atoms with Gasteiger partial charge in [0.25, 0.3) is 5.91 Å². The van der Waals surface area contributed by atoms with Crippen LogP contribution in [0.2, 0.25) is 0 Å². The third kappa shape index (κ3) is 5.47. The summed E-state index contributed by atoms with van der Waals surface area (Å²) in [7, 11) is 1.55. The second-order valence-corrected chi connectivity index (χ2v) is 9.17. The van der Waals surface area contributed by atoms with Gasteiger partial charge >= 0.3 is 0 Å². The molecule has 2 amide bonds. The topological polar surface area (TPSA) is 67.4 Å². The van der Waals surface area contributed by atoms with E-state index in [0.717, 1.165) is 23.6 Å². The van der Waals surface area contributed by atoms with Crippen LogP contribution in [0.1, 0.15) is 50.0 Å². The number of amides is 2. The number of fused-ring (bicyclic) bond motifs is 1. The number of nitrogens with one attached hydrogen (secondary N) is 2. The standard InChI is InChI=1S/C27H32N2O3/c1-26(2,18-17-19-11-7-6-8-12-19)32-23-21-14-10-9-13-20(21)15-16-22(23)24(30)29-27(3,4)25(31)28-5/h6-16H,17-18H2,1-5H3,(H,28,31)(H,29,30). The first-order valence-corrected chi connectivity index (χ1v) is 10.9. The molecule has 3 aromatic rings. The van der Waals surface area contributed by atoms with Crippen LogP contribution in [0.5, 0.6) is 5.75 Å². The first kappa shape index (κ1) is 23.3. The number of ether oxygens (including phenoxy) is 1. The van der Waals surface area contributed by atoms with E-state index in [4.69, 9.17) is 4.74 Å². The molecule has 0 fully saturated rings. The zero-order valence-corrected chi connectivity index (χ0v) is 19.5. The molecule has 0 aliphatic carbocycles. The lowest BCUT2D eigenvalue weighted by atomic mass is 9.97. The minimum absolute atomic E-state index is 0.266. The Hall–Kier alpha value is -3.34. The van der Waals surface area contributed by atoms with E-state index in [0.29, 0.717) is 11.3 Å². The summed E-state index contributed by atoms with van der Waals surface area (Å²) in [5.74, 6) is -0.0816. The maximum Gasteiger partial charge on any atom is 0.255 e. The van der Waals surface area contributed by atoms with E-state index < -0.39 is 11.1 Å². The van der Waals surface area contributed by atoms with Gasteiger partial charge in [-0.2, -0.15) is 0 Å². The molecule has 32 heavy (non-hydrogen) atoms. The molecule has 0 aliphatic rings. The number of hydrogen-bond donors (Lipinski definition) is 2. The Labute approximate surface area is 190 Å². The second kappa shape index (κ2) is 9.43. The smallest absolute Gasteiger partial charge is 0.255 e. The molecule has 0 heterocycles. The molecule has 3 aromatic carbocycles. The molecular weight excluding hydrogens is 400 g/mol. The molecule has 5 heteroatoms. The Bertz CT molecular complexity index is 1100. The summed E-state index contributed by atoms with van der Waals surface area (Å²) in [4.78, 5) is 25.4. The van der Waals surface area contributed by atoms with Crippen molar-refractivity contribution in [2.75, 3.05) is 7.05 Å². The molecule has 168 valence electrons. The summed E-state index contributed by atoms with van der Waals surface area (Å²) in [6.07, 6.45) is 1.65. The highest BCUT2D eigenvalue weighted by atomic mass is 16.5. The Morgan fingerprint density at radius 2 is 1.53 bits per heavy atom. The van der Waals surface area contributed by atoms with Gasteiger partial charge in [0.1, 0.15) is 16.9 Å². The highest BCUT2D eigenvalue weighted by molar-refractivity contribution is 6.05. The Balaban J connectivity index is 1.93. The number of carbonyl (C=O) groups is 2. The second-order valence-electron chi connectivity index (χ2n) is 9.17. The minimum Gasteiger partial charge on any atom is -0.486 e. The lowest BCUT2D eigenvalue weighted by Crippen LogP contribution is -2.54. The summed E-state index contributed by atoms with van der Waals surface area (Å²) in [6, 6.07) is 21.8. The largest absolute Gasteiger partial charge is 0.486 e. The van der Waals surface area contributed by atoms with E-state index >= 15 is 0 Å². The molecule has 0 bridgehead atoms. The van der Waals surface area contributed by atoms with E-state index in [1.807, 2.05) is 62.4 Å². The molecular formula is C27H32N2O3. The van der Waals surface area contributed by atoms with Gasteiger partial charge in [0.05, 0.1) is 5.56 Å². The maximum atomic E-state index is 13.2. The fourth-order valence-electron chi connectivity index (χ4n) is 3.67. The zero-order valence-electron chi connectivity index (χ0n) is 19.5. The van der Waals surface area contributed by atoms with Crippen molar-refractivity contribution in [3.8, 4) is 5.75 Å². The van der Waals surface area contributed by atoms with Crippen LogP contribution in [0.4, 0.5) is 0 Å². The summed E-state index contributed by atoms with van der Waals surface area (Å²) in [6.45, 7) is 7.42. The van der Waals surface area contributed by atoms with Crippen LogP contribution in [0, 0.1) is 0 Å². The first-order valence-electron chi connectivity index (χ1n) is 10.9. The number of likely N-dealkylation sites (N-methyl/N-ethyl adjacent to an activating group) is 1. The molecule has 5 nitrogen and oxygen atoms in total. The lowest BCUT2D eigenvalue weighted by molar-refractivity contribution is -0.125. The molecule has 0 radical (unpaired) electrons. The maximum absolute atomic E-state index is 13.2. The average Bonchev–Trinajstić information content (AvgIpc) is 2.77. The van der Waals surface area contributed by atoms with Gasteiger partial charge in [-0.25, -0.2) is 0 Å². The number of rotatable bonds is 8. The van der Waals surface area contributed by atoms with Crippen LogP contribution >= 0.6 is 0 Å². The number of aryl methyl sites for hydroxylation is 1. The van der Waals surface area contributed by atoms with Crippen LogP contribution in [0.15, 0.2) is 66.7 Å². The van der Waals surface area contributed by atoms with Crippen molar-refractivity contribution in [3.63, 3.8) is 0 Å². The lowest BCUT2D eigenvalue weighted by Gasteiger charge is -2.30. The first-order chi connectivity index (χ1) is 15.1. The van der Waals surface area contributed by atoms with E-state index in [1.165, 1.54) is 5.56 Å². The van der Waals surface area contributed by atoms with E-state index in [9.17, 15) is 9.59 Å². The van der Waals surface area contributed by atoms with E-state index in [-0.39, 0.29) is 11.8 Å². The summed E-state index contributed by atoms with van der Waals surface area (Å²) in [5, 5.41) is 7.29. The zero-order chi connectivity index (χ0) is 23.4. The van der Waals surface area contributed by atoms with Crippen molar-refractivity contribution in [2.24, 2.45) is 0 Å². The SMILES string of the molecule is CNC(=O)C(C)(C)NC(=O)c1ccc2ccccc2c1OC(C)(C)CCc1ccccc1. The molecule has 0 aliphatic heterocycles. The van der Waals surface area contributed by atoms with Crippen LogP contribution in [0.3, 0.4) is 0 Å². The molecule has 0 aromatic heterocycles. The Kier molecular flexibility index (Phi) is 6.87. The number of carbonyl (C=O) groups excluding carboxylic acids is 2. The number of benzene rings is 3. The molecule has 0 saturated heterocycles. The molecule has 0 spiro atoms. The van der Waals surface area contributed by atoms with Gasteiger partial charge in [-0.1, -0.05) is 60.7 Å². The average molecular weight is 433 g/mol. The van der Waals surface area contributed by atoms with Crippen molar-refractivity contribution in [2.45, 2.75) is 51.7 Å². The van der Waals surface area contributed by atoms with Crippen molar-refractivity contribution < 1.29 is 14.3 Å². The summed E-state index contributed by atoms with van der Waals surface area (Å²) >= 11 is 0. The molecule has 0 unspecified atom stereocenters. The van der Waals surface area contributed by atoms with Gasteiger partial charge in [-0.15, -0.1) is 0 Å². The van der Waals surface area contributed by atoms with Gasteiger partial charge < -0.3 is 15.4 Å². The van der Waals surface area contributed by atoms with Gasteiger partial charge in [-0.3, -0.25) is 9.59 Å². The van der Waals surface area contributed by atoms with Crippen LogP contribution < -0.4 is 15.4 Å². The van der Waals surface area contributed by atoms with Crippen molar-refractivity contribution in [3.05, 3.63) is 77.9 Å². The fraction of sp³-hybridized carbons (Fsp3) is 0.333. The highest BCUT2D eigenvalue weighted by Gasteiger charge is 2.31. The van der Waals surface area contributed by atoms with Gasteiger partial charge in [-0.05, 0) is 57.6 Å².